The lowest BCUT2D eigenvalue weighted by Gasteiger charge is -2.14. The molecular weight excluding hydrogens is 442 g/mol. The van der Waals surface area contributed by atoms with Crippen LogP contribution in [0, 0.1) is 6.92 Å². The smallest absolute Gasteiger partial charge is 0.203 e. The molecule has 0 radical (unpaired) electrons. The first kappa shape index (κ1) is 22.3. The summed E-state index contributed by atoms with van der Waals surface area (Å²) in [5, 5.41) is 1.02. The number of carbonyl (C=O) groups excluding carboxylic acids is 1. The predicted molar refractivity (Wildman–Crippen MR) is 137 cm³/mol. The summed E-state index contributed by atoms with van der Waals surface area (Å²) in [6, 6.07) is 19.0. The van der Waals surface area contributed by atoms with Gasteiger partial charge in [-0.1, -0.05) is 30.3 Å². The number of hydrogen-bond donors (Lipinski definition) is 2. The maximum Gasteiger partial charge on any atom is 0.203 e. The molecule has 0 unspecified atom stereocenters. The van der Waals surface area contributed by atoms with Gasteiger partial charge in [-0.15, -0.1) is 0 Å². The lowest BCUT2D eigenvalue weighted by Crippen LogP contribution is -2.06. The number of Topliss-reactive ketones (excluding diaryl/α,β-unsaturated/α-hetero) is 1. The number of benzene rings is 3. The topological polar surface area (TPSA) is 89.2 Å². The Labute approximate surface area is 202 Å². The summed E-state index contributed by atoms with van der Waals surface area (Å²) in [4.78, 5) is 25.5. The second-order valence-electron chi connectivity index (χ2n) is 8.11. The van der Waals surface area contributed by atoms with Crippen LogP contribution in [0.4, 0.5) is 0 Å². The van der Waals surface area contributed by atoms with Gasteiger partial charge in [-0.05, 0) is 43.3 Å². The Morgan fingerprint density at radius 1 is 0.857 bits per heavy atom. The Hall–Kier alpha value is -4.52. The van der Waals surface area contributed by atoms with E-state index < -0.39 is 0 Å². The first-order valence-corrected chi connectivity index (χ1v) is 11.1. The molecule has 176 valence electrons. The van der Waals surface area contributed by atoms with Crippen LogP contribution in [0.3, 0.4) is 0 Å². The fraction of sp³-hybridized carbons (Fsp3) is 0.143. The molecule has 5 aromatic rings. The quantitative estimate of drug-likeness (QED) is 0.233. The van der Waals surface area contributed by atoms with Crippen molar-refractivity contribution in [1.29, 1.82) is 0 Å². The number of imidazole rings is 1. The van der Waals surface area contributed by atoms with Crippen LogP contribution in [0.5, 0.6) is 17.2 Å². The molecule has 0 aliphatic carbocycles. The summed E-state index contributed by atoms with van der Waals surface area (Å²) in [5.41, 5.74) is 5.32. The Morgan fingerprint density at radius 3 is 2.17 bits per heavy atom. The average molecular weight is 468 g/mol. The lowest BCUT2D eigenvalue weighted by atomic mass is 9.98. The second kappa shape index (κ2) is 9.02. The third-order valence-electron chi connectivity index (χ3n) is 6.05. The number of nitrogens with zero attached hydrogens (tertiary/aromatic N) is 1. The van der Waals surface area contributed by atoms with E-state index in [4.69, 9.17) is 19.2 Å². The Morgan fingerprint density at radius 2 is 1.51 bits per heavy atom. The fourth-order valence-corrected chi connectivity index (χ4v) is 4.32. The second-order valence-corrected chi connectivity index (χ2v) is 8.11. The third kappa shape index (κ3) is 3.91. The molecule has 2 aromatic heterocycles. The molecule has 35 heavy (non-hydrogen) atoms. The molecule has 0 fully saturated rings. The summed E-state index contributed by atoms with van der Waals surface area (Å²) in [7, 11) is 4.58. The van der Waals surface area contributed by atoms with Gasteiger partial charge >= 0.3 is 0 Å². The highest BCUT2D eigenvalue weighted by molar-refractivity contribution is 6.32. The van der Waals surface area contributed by atoms with Crippen molar-refractivity contribution in [2.45, 2.75) is 6.92 Å². The Balaban J connectivity index is 1.74. The van der Waals surface area contributed by atoms with E-state index in [9.17, 15) is 4.79 Å². The first-order chi connectivity index (χ1) is 17.0. The molecule has 0 amide bonds. The zero-order valence-corrected chi connectivity index (χ0v) is 19.9. The molecule has 7 nitrogen and oxygen atoms in total. The van der Waals surface area contributed by atoms with E-state index in [1.807, 2.05) is 61.5 Å². The number of methoxy groups -OCH3 is 3. The van der Waals surface area contributed by atoms with Crippen molar-refractivity contribution in [2.75, 3.05) is 21.3 Å². The van der Waals surface area contributed by atoms with Crippen LogP contribution >= 0.6 is 0 Å². The predicted octanol–water partition coefficient (Wildman–Crippen LogP) is 5.80. The van der Waals surface area contributed by atoms with Gasteiger partial charge in [0.15, 0.2) is 17.3 Å². The van der Waals surface area contributed by atoms with Gasteiger partial charge in [-0.3, -0.25) is 4.79 Å². The summed E-state index contributed by atoms with van der Waals surface area (Å²) < 4.78 is 16.4. The van der Waals surface area contributed by atoms with E-state index in [-0.39, 0.29) is 5.78 Å². The largest absolute Gasteiger partial charge is 0.493 e. The highest BCUT2D eigenvalue weighted by Gasteiger charge is 2.23. The molecule has 0 saturated carbocycles. The van der Waals surface area contributed by atoms with Crippen molar-refractivity contribution in [3.8, 4) is 17.2 Å². The number of hydrogen-bond acceptors (Lipinski definition) is 5. The third-order valence-corrected chi connectivity index (χ3v) is 6.05. The van der Waals surface area contributed by atoms with Gasteiger partial charge in [0.05, 0.1) is 37.9 Å². The number of aromatic nitrogens is 3. The molecule has 0 bridgehead atoms. The van der Waals surface area contributed by atoms with E-state index in [0.29, 0.717) is 34.2 Å². The number of carbonyl (C=O) groups is 1. The molecular formula is C28H25N3O4. The van der Waals surface area contributed by atoms with Crippen LogP contribution < -0.4 is 14.2 Å². The average Bonchev–Trinajstić information content (AvgIpc) is 3.45. The van der Waals surface area contributed by atoms with Crippen LogP contribution in [0.2, 0.25) is 0 Å². The van der Waals surface area contributed by atoms with Crippen molar-refractivity contribution in [3.05, 3.63) is 83.3 Å². The minimum atomic E-state index is -0.229. The van der Waals surface area contributed by atoms with Crippen molar-refractivity contribution in [1.82, 2.24) is 15.0 Å². The summed E-state index contributed by atoms with van der Waals surface area (Å²) >= 11 is 0. The minimum absolute atomic E-state index is 0.229. The van der Waals surface area contributed by atoms with Crippen molar-refractivity contribution in [3.63, 3.8) is 0 Å². The molecule has 0 aliphatic heterocycles. The van der Waals surface area contributed by atoms with Gasteiger partial charge in [0.25, 0.3) is 0 Å². The normalized spacial score (nSPS) is 11.7. The molecule has 0 atom stereocenters. The maximum absolute atomic E-state index is 14.0. The number of ether oxygens (including phenoxy) is 3. The zero-order valence-electron chi connectivity index (χ0n) is 19.9. The van der Waals surface area contributed by atoms with E-state index in [0.717, 1.165) is 33.2 Å². The SMILES string of the molecule is COc1cc(C(=O)/C(=C/c2c(C)[nH]c3ccccc23)c2nc3ccccc3[nH]2)cc(OC)c1OC. The number of aromatic amines is 2. The van der Waals surface area contributed by atoms with Crippen LogP contribution in [0.25, 0.3) is 33.6 Å². The van der Waals surface area contributed by atoms with Gasteiger partial charge in [0.1, 0.15) is 5.82 Å². The molecule has 0 aliphatic rings. The van der Waals surface area contributed by atoms with Gasteiger partial charge in [-0.25, -0.2) is 4.98 Å². The number of aryl methyl sites for hydroxylation is 1. The molecule has 2 heterocycles. The number of rotatable bonds is 7. The van der Waals surface area contributed by atoms with Gasteiger partial charge in [0, 0.05) is 27.7 Å². The highest BCUT2D eigenvalue weighted by Crippen LogP contribution is 2.39. The maximum atomic E-state index is 14.0. The number of nitrogens with one attached hydrogen (secondary N) is 2. The number of allylic oxidation sites excluding steroid dienone is 1. The fourth-order valence-electron chi connectivity index (χ4n) is 4.32. The van der Waals surface area contributed by atoms with Crippen molar-refractivity contribution in [2.24, 2.45) is 0 Å². The summed E-state index contributed by atoms with van der Waals surface area (Å²) in [6.07, 6.45) is 1.89. The number of ketones is 1. The van der Waals surface area contributed by atoms with E-state index >= 15 is 0 Å². The van der Waals surface area contributed by atoms with Gasteiger partial charge in [-0.2, -0.15) is 0 Å². The number of para-hydroxylation sites is 3. The molecule has 0 saturated heterocycles. The van der Waals surface area contributed by atoms with Crippen molar-refractivity contribution < 1.29 is 19.0 Å². The summed E-state index contributed by atoms with van der Waals surface area (Å²) in [5.74, 6) is 1.49. The molecule has 0 spiro atoms. The highest BCUT2D eigenvalue weighted by atomic mass is 16.5. The number of H-pyrrole nitrogens is 2. The summed E-state index contributed by atoms with van der Waals surface area (Å²) in [6.45, 7) is 1.99. The molecule has 5 rings (SSSR count). The Bertz CT molecular complexity index is 1530. The van der Waals surface area contributed by atoms with E-state index in [1.165, 1.54) is 21.3 Å². The van der Waals surface area contributed by atoms with Gasteiger partial charge in [0.2, 0.25) is 5.75 Å². The van der Waals surface area contributed by atoms with Crippen LogP contribution in [0.15, 0.2) is 60.7 Å². The minimum Gasteiger partial charge on any atom is -0.493 e. The molecule has 2 N–H and O–H groups in total. The monoisotopic (exact) mass is 467 g/mol. The number of fused-ring (bicyclic) bond motifs is 2. The first-order valence-electron chi connectivity index (χ1n) is 11.1. The van der Waals surface area contributed by atoms with Crippen LogP contribution in [-0.2, 0) is 0 Å². The molecule has 3 aromatic carbocycles. The molecule has 7 heteroatoms. The van der Waals surface area contributed by atoms with Crippen LogP contribution in [-0.4, -0.2) is 42.1 Å². The standard InChI is InChI=1S/C28H25N3O4/c1-16-19(18-9-5-6-10-21(18)29-16)15-20(28-30-22-11-7-8-12-23(22)31-28)26(32)17-13-24(33-2)27(35-4)25(14-17)34-3/h5-15,29H,1-4H3,(H,30,31)/b20-15-. The van der Waals surface area contributed by atoms with E-state index in [1.54, 1.807) is 12.1 Å². The lowest BCUT2D eigenvalue weighted by molar-refractivity contribution is 0.105. The van der Waals surface area contributed by atoms with E-state index in [2.05, 4.69) is 9.97 Å². The van der Waals surface area contributed by atoms with Gasteiger partial charge < -0.3 is 24.2 Å². The zero-order chi connectivity index (χ0) is 24.5. The van der Waals surface area contributed by atoms with Crippen molar-refractivity contribution >= 4 is 39.4 Å². The van der Waals surface area contributed by atoms with Crippen LogP contribution in [0.1, 0.15) is 27.4 Å². The Kier molecular flexibility index (Phi) is 5.74.